The minimum absolute atomic E-state index is 0.0869. The highest BCUT2D eigenvalue weighted by atomic mass is 16.6. The molecule has 19 heavy (non-hydrogen) atoms. The Kier molecular flexibility index (Phi) is 5.36. The monoisotopic (exact) mass is 265 g/mol. The van der Waals surface area contributed by atoms with Gasteiger partial charge in [0.15, 0.2) is 0 Å². The summed E-state index contributed by atoms with van der Waals surface area (Å²) in [5.41, 5.74) is 0.475. The number of amides is 1. The Hall–Kier alpha value is -1.55. The van der Waals surface area contributed by atoms with Gasteiger partial charge in [-0.25, -0.2) is 4.79 Å². The summed E-state index contributed by atoms with van der Waals surface area (Å²) in [5, 5.41) is 9.13. The number of nitrogens with zero attached hydrogens (tertiary/aromatic N) is 1. The first kappa shape index (κ1) is 15.5. The first-order valence-electron chi connectivity index (χ1n) is 6.50. The molecule has 4 nitrogen and oxygen atoms in total. The van der Waals surface area contributed by atoms with E-state index in [0.29, 0.717) is 0 Å². The molecule has 1 atom stereocenters. The van der Waals surface area contributed by atoms with E-state index in [-0.39, 0.29) is 19.2 Å². The molecule has 0 aliphatic rings. The molecule has 0 heterocycles. The SMILES string of the molecule is C[C@@H](c1ccccc1)N(CCO)C(=O)OC(C)(C)C. The van der Waals surface area contributed by atoms with Crippen molar-refractivity contribution in [3.8, 4) is 0 Å². The molecule has 1 rings (SSSR count). The van der Waals surface area contributed by atoms with Crippen LogP contribution in [0.15, 0.2) is 30.3 Å². The maximum Gasteiger partial charge on any atom is 0.410 e. The van der Waals surface area contributed by atoms with Gasteiger partial charge in [0, 0.05) is 6.54 Å². The first-order valence-corrected chi connectivity index (χ1v) is 6.50. The molecule has 0 fully saturated rings. The number of hydrogen-bond acceptors (Lipinski definition) is 3. The van der Waals surface area contributed by atoms with E-state index in [9.17, 15) is 4.79 Å². The molecule has 0 bridgehead atoms. The average molecular weight is 265 g/mol. The molecular weight excluding hydrogens is 242 g/mol. The Morgan fingerprint density at radius 1 is 1.32 bits per heavy atom. The molecule has 0 aromatic heterocycles. The van der Waals surface area contributed by atoms with Crippen molar-refractivity contribution in [3.05, 3.63) is 35.9 Å². The molecule has 106 valence electrons. The second kappa shape index (κ2) is 6.57. The molecule has 0 aliphatic carbocycles. The van der Waals surface area contributed by atoms with E-state index >= 15 is 0 Å². The summed E-state index contributed by atoms with van der Waals surface area (Å²) in [6.45, 7) is 7.58. The summed E-state index contributed by atoms with van der Waals surface area (Å²) >= 11 is 0. The van der Waals surface area contributed by atoms with Crippen LogP contribution in [-0.2, 0) is 4.74 Å². The summed E-state index contributed by atoms with van der Waals surface area (Å²) in [6, 6.07) is 9.57. The van der Waals surface area contributed by atoms with Crippen LogP contribution < -0.4 is 0 Å². The van der Waals surface area contributed by atoms with Gasteiger partial charge in [0.1, 0.15) is 5.60 Å². The van der Waals surface area contributed by atoms with Gasteiger partial charge in [0.25, 0.3) is 0 Å². The molecule has 0 spiro atoms. The minimum atomic E-state index is -0.540. The number of aliphatic hydroxyl groups excluding tert-OH is 1. The van der Waals surface area contributed by atoms with Crippen LogP contribution in [0.25, 0.3) is 0 Å². The standard InChI is InChI=1S/C15H23NO3/c1-12(13-8-6-5-7-9-13)16(10-11-17)14(18)19-15(2,3)4/h5-9,12,17H,10-11H2,1-4H3/t12-/m0/s1. The van der Waals surface area contributed by atoms with Crippen LogP contribution in [0.4, 0.5) is 4.79 Å². The number of ether oxygens (including phenoxy) is 1. The lowest BCUT2D eigenvalue weighted by atomic mass is 10.1. The summed E-state index contributed by atoms with van der Waals surface area (Å²) in [6.07, 6.45) is -0.405. The molecule has 1 N–H and O–H groups in total. The van der Waals surface area contributed by atoms with Crippen LogP contribution in [0.5, 0.6) is 0 Å². The van der Waals surface area contributed by atoms with E-state index in [0.717, 1.165) is 5.56 Å². The van der Waals surface area contributed by atoms with Crippen molar-refractivity contribution in [2.45, 2.75) is 39.3 Å². The summed E-state index contributed by atoms with van der Waals surface area (Å²) < 4.78 is 5.37. The van der Waals surface area contributed by atoms with Crippen molar-refractivity contribution in [3.63, 3.8) is 0 Å². The molecule has 0 aliphatic heterocycles. The van der Waals surface area contributed by atoms with Gasteiger partial charge in [-0.2, -0.15) is 0 Å². The Bertz CT molecular complexity index is 398. The average Bonchev–Trinajstić information content (AvgIpc) is 2.34. The predicted molar refractivity (Wildman–Crippen MR) is 74.9 cm³/mol. The Labute approximate surface area is 115 Å². The molecule has 0 unspecified atom stereocenters. The van der Waals surface area contributed by atoms with Crippen LogP contribution >= 0.6 is 0 Å². The van der Waals surface area contributed by atoms with Crippen LogP contribution in [0, 0.1) is 0 Å². The van der Waals surface area contributed by atoms with Crippen LogP contribution in [0.3, 0.4) is 0 Å². The third-order valence-corrected chi connectivity index (χ3v) is 2.72. The van der Waals surface area contributed by atoms with Crippen molar-refractivity contribution in [2.75, 3.05) is 13.2 Å². The Morgan fingerprint density at radius 2 is 1.89 bits per heavy atom. The number of benzene rings is 1. The second-order valence-corrected chi connectivity index (χ2v) is 5.48. The van der Waals surface area contributed by atoms with E-state index in [1.165, 1.54) is 0 Å². The normalized spacial score (nSPS) is 12.9. The molecule has 1 aromatic rings. The number of hydrogen-bond donors (Lipinski definition) is 1. The zero-order valence-electron chi connectivity index (χ0n) is 12.1. The minimum Gasteiger partial charge on any atom is -0.444 e. The van der Waals surface area contributed by atoms with Crippen LogP contribution in [-0.4, -0.2) is 34.9 Å². The highest BCUT2D eigenvalue weighted by Crippen LogP contribution is 2.22. The van der Waals surface area contributed by atoms with Crippen molar-refractivity contribution in [1.29, 1.82) is 0 Å². The van der Waals surface area contributed by atoms with Crippen molar-refractivity contribution in [2.24, 2.45) is 0 Å². The molecule has 0 saturated carbocycles. The van der Waals surface area contributed by atoms with E-state index in [1.807, 2.05) is 58.0 Å². The van der Waals surface area contributed by atoms with Gasteiger partial charge in [0.2, 0.25) is 0 Å². The summed E-state index contributed by atoms with van der Waals surface area (Å²) in [4.78, 5) is 13.7. The van der Waals surface area contributed by atoms with Gasteiger partial charge < -0.3 is 9.84 Å². The molecule has 4 heteroatoms. The van der Waals surface area contributed by atoms with Gasteiger partial charge in [0.05, 0.1) is 12.6 Å². The Morgan fingerprint density at radius 3 is 2.37 bits per heavy atom. The number of aliphatic hydroxyl groups is 1. The number of carbonyl (C=O) groups is 1. The third-order valence-electron chi connectivity index (χ3n) is 2.72. The smallest absolute Gasteiger partial charge is 0.410 e. The van der Waals surface area contributed by atoms with Crippen LogP contribution in [0.2, 0.25) is 0 Å². The summed E-state index contributed by atoms with van der Waals surface area (Å²) in [5.74, 6) is 0. The maximum atomic E-state index is 12.2. The van der Waals surface area contributed by atoms with Crippen molar-refractivity contribution in [1.82, 2.24) is 4.90 Å². The van der Waals surface area contributed by atoms with Gasteiger partial charge in [-0.15, -0.1) is 0 Å². The fraction of sp³-hybridized carbons (Fsp3) is 0.533. The fourth-order valence-corrected chi connectivity index (χ4v) is 1.78. The lowest BCUT2D eigenvalue weighted by Gasteiger charge is -2.31. The van der Waals surface area contributed by atoms with Crippen molar-refractivity contribution < 1.29 is 14.6 Å². The quantitative estimate of drug-likeness (QED) is 0.910. The fourth-order valence-electron chi connectivity index (χ4n) is 1.78. The summed E-state index contributed by atoms with van der Waals surface area (Å²) in [7, 11) is 0. The molecule has 0 saturated heterocycles. The number of rotatable bonds is 4. The molecule has 0 radical (unpaired) electrons. The van der Waals surface area contributed by atoms with Gasteiger partial charge in [-0.3, -0.25) is 4.90 Å². The molecular formula is C15H23NO3. The molecule has 1 amide bonds. The van der Waals surface area contributed by atoms with E-state index in [2.05, 4.69) is 0 Å². The van der Waals surface area contributed by atoms with Gasteiger partial charge >= 0.3 is 6.09 Å². The second-order valence-electron chi connectivity index (χ2n) is 5.48. The zero-order valence-corrected chi connectivity index (χ0v) is 12.1. The molecule has 1 aromatic carbocycles. The topological polar surface area (TPSA) is 49.8 Å². The van der Waals surface area contributed by atoms with E-state index in [1.54, 1.807) is 4.90 Å². The highest BCUT2D eigenvalue weighted by Gasteiger charge is 2.26. The lowest BCUT2D eigenvalue weighted by Crippen LogP contribution is -2.40. The first-order chi connectivity index (χ1) is 8.85. The Balaban J connectivity index is 2.85. The lowest BCUT2D eigenvalue weighted by molar-refractivity contribution is 0.0137. The maximum absolute atomic E-state index is 12.2. The third kappa shape index (κ3) is 4.91. The predicted octanol–water partition coefficient (Wildman–Crippen LogP) is 2.98. The highest BCUT2D eigenvalue weighted by molar-refractivity contribution is 5.68. The van der Waals surface area contributed by atoms with Crippen molar-refractivity contribution >= 4 is 6.09 Å². The van der Waals surface area contributed by atoms with E-state index < -0.39 is 11.7 Å². The van der Waals surface area contributed by atoms with Gasteiger partial charge in [-0.05, 0) is 33.3 Å². The van der Waals surface area contributed by atoms with Gasteiger partial charge in [-0.1, -0.05) is 30.3 Å². The van der Waals surface area contributed by atoms with Crippen LogP contribution in [0.1, 0.15) is 39.3 Å². The largest absolute Gasteiger partial charge is 0.444 e. The zero-order chi connectivity index (χ0) is 14.5. The number of carbonyl (C=O) groups excluding carboxylic acids is 1. The van der Waals surface area contributed by atoms with E-state index in [4.69, 9.17) is 9.84 Å².